The number of pyridine rings is 1. The van der Waals surface area contributed by atoms with E-state index in [1.54, 1.807) is 6.07 Å². The molecule has 4 heteroatoms. The second-order valence-corrected chi connectivity index (χ2v) is 5.15. The van der Waals surface area contributed by atoms with Crippen molar-refractivity contribution in [3.05, 3.63) is 21.9 Å². The van der Waals surface area contributed by atoms with Gasteiger partial charge in [0, 0.05) is 5.41 Å². The molecular weight excluding hydrogens is 291 g/mol. The summed E-state index contributed by atoms with van der Waals surface area (Å²) < 4.78 is 0.870. The van der Waals surface area contributed by atoms with Crippen LogP contribution < -0.4 is 5.32 Å². The van der Waals surface area contributed by atoms with Gasteiger partial charge in [0.25, 0.3) is 0 Å². The summed E-state index contributed by atoms with van der Waals surface area (Å²) in [7, 11) is 0. The summed E-state index contributed by atoms with van der Waals surface area (Å²) in [5.41, 5.74) is -0.386. The Balaban J connectivity index is 2.75. The van der Waals surface area contributed by atoms with Crippen molar-refractivity contribution in [1.29, 1.82) is 0 Å². The van der Waals surface area contributed by atoms with E-state index in [0.717, 1.165) is 3.70 Å². The normalized spacial score (nSPS) is 11.1. The standard InChI is InChI=1S/C10H13IN2O/c1-10(2,3)9(14)13-8-6-4-5-7(11)12-8/h4-6H,1-3H3,(H,12,13,14). The summed E-state index contributed by atoms with van der Waals surface area (Å²) >= 11 is 2.11. The fourth-order valence-electron chi connectivity index (χ4n) is 0.782. The third kappa shape index (κ3) is 3.25. The van der Waals surface area contributed by atoms with Crippen molar-refractivity contribution in [3.63, 3.8) is 0 Å². The lowest BCUT2D eigenvalue weighted by Crippen LogP contribution is -2.28. The molecule has 0 spiro atoms. The zero-order chi connectivity index (χ0) is 10.8. The van der Waals surface area contributed by atoms with Gasteiger partial charge < -0.3 is 5.32 Å². The van der Waals surface area contributed by atoms with E-state index < -0.39 is 0 Å². The highest BCUT2D eigenvalue weighted by Crippen LogP contribution is 2.16. The molecule has 0 bridgehead atoms. The first-order valence-electron chi connectivity index (χ1n) is 4.33. The molecule has 0 atom stereocenters. The van der Waals surface area contributed by atoms with Gasteiger partial charge >= 0.3 is 0 Å². The highest BCUT2D eigenvalue weighted by atomic mass is 127. The van der Waals surface area contributed by atoms with Crippen LogP contribution in [0, 0.1) is 9.12 Å². The monoisotopic (exact) mass is 304 g/mol. The maximum Gasteiger partial charge on any atom is 0.230 e. The maximum absolute atomic E-state index is 11.6. The summed E-state index contributed by atoms with van der Waals surface area (Å²) in [6.45, 7) is 5.61. The number of hydrogen-bond acceptors (Lipinski definition) is 2. The molecule has 1 heterocycles. The van der Waals surface area contributed by atoms with Crippen LogP contribution in [0.25, 0.3) is 0 Å². The number of halogens is 1. The minimum absolute atomic E-state index is 0.0213. The first-order chi connectivity index (χ1) is 6.39. The average Bonchev–Trinajstić information content (AvgIpc) is 2.02. The molecule has 0 aliphatic rings. The van der Waals surface area contributed by atoms with Crippen LogP contribution in [-0.2, 0) is 4.79 Å². The van der Waals surface area contributed by atoms with Crippen molar-refractivity contribution in [2.24, 2.45) is 5.41 Å². The van der Waals surface area contributed by atoms with Gasteiger partial charge in [-0.1, -0.05) is 26.8 Å². The van der Waals surface area contributed by atoms with Crippen LogP contribution in [0.2, 0.25) is 0 Å². The molecule has 1 aromatic heterocycles. The van der Waals surface area contributed by atoms with E-state index in [2.05, 4.69) is 32.9 Å². The molecule has 0 unspecified atom stereocenters. The van der Waals surface area contributed by atoms with Gasteiger partial charge in [-0.15, -0.1) is 0 Å². The molecule has 0 aliphatic heterocycles. The van der Waals surface area contributed by atoms with Crippen molar-refractivity contribution in [3.8, 4) is 0 Å². The molecule has 1 rings (SSSR count). The largest absolute Gasteiger partial charge is 0.310 e. The third-order valence-electron chi connectivity index (χ3n) is 1.64. The van der Waals surface area contributed by atoms with Gasteiger partial charge in [0.15, 0.2) is 0 Å². The smallest absolute Gasteiger partial charge is 0.230 e. The van der Waals surface area contributed by atoms with Gasteiger partial charge in [-0.2, -0.15) is 0 Å². The van der Waals surface area contributed by atoms with E-state index in [1.807, 2.05) is 32.9 Å². The lowest BCUT2D eigenvalue weighted by molar-refractivity contribution is -0.123. The third-order valence-corrected chi connectivity index (χ3v) is 2.24. The number of rotatable bonds is 1. The van der Waals surface area contributed by atoms with E-state index in [9.17, 15) is 4.79 Å². The van der Waals surface area contributed by atoms with Crippen LogP contribution in [0.4, 0.5) is 5.82 Å². The number of hydrogen-bond donors (Lipinski definition) is 1. The lowest BCUT2D eigenvalue weighted by Gasteiger charge is -2.17. The van der Waals surface area contributed by atoms with Crippen LogP contribution in [0.3, 0.4) is 0 Å². The number of carbonyl (C=O) groups is 1. The maximum atomic E-state index is 11.6. The van der Waals surface area contributed by atoms with Gasteiger partial charge in [-0.25, -0.2) is 4.98 Å². The Hall–Kier alpha value is -0.650. The van der Waals surface area contributed by atoms with Gasteiger partial charge in [0.1, 0.15) is 9.52 Å². The zero-order valence-corrected chi connectivity index (χ0v) is 10.6. The van der Waals surface area contributed by atoms with Crippen LogP contribution in [0.5, 0.6) is 0 Å². The van der Waals surface area contributed by atoms with Gasteiger partial charge in [0.05, 0.1) is 0 Å². The van der Waals surface area contributed by atoms with Crippen molar-refractivity contribution in [1.82, 2.24) is 4.98 Å². The summed E-state index contributed by atoms with van der Waals surface area (Å²) in [6, 6.07) is 5.53. The molecule has 1 amide bonds. The lowest BCUT2D eigenvalue weighted by atomic mass is 9.96. The summed E-state index contributed by atoms with van der Waals surface area (Å²) in [6.07, 6.45) is 0. The fourth-order valence-corrected chi connectivity index (χ4v) is 1.25. The first kappa shape index (κ1) is 11.4. The molecule has 14 heavy (non-hydrogen) atoms. The molecule has 3 nitrogen and oxygen atoms in total. The van der Waals surface area contributed by atoms with Crippen molar-refractivity contribution in [2.45, 2.75) is 20.8 Å². The molecule has 0 aromatic carbocycles. The second-order valence-electron chi connectivity index (χ2n) is 4.05. The quantitative estimate of drug-likeness (QED) is 0.640. The van der Waals surface area contributed by atoms with Crippen molar-refractivity contribution in [2.75, 3.05) is 5.32 Å². The highest BCUT2D eigenvalue weighted by Gasteiger charge is 2.21. The Bertz CT molecular complexity index is 344. The molecule has 0 fully saturated rings. The highest BCUT2D eigenvalue weighted by molar-refractivity contribution is 14.1. The summed E-state index contributed by atoms with van der Waals surface area (Å²) in [5, 5.41) is 2.77. The minimum Gasteiger partial charge on any atom is -0.310 e. The Morgan fingerprint density at radius 2 is 2.07 bits per heavy atom. The van der Waals surface area contributed by atoms with E-state index in [0.29, 0.717) is 5.82 Å². The van der Waals surface area contributed by atoms with E-state index in [1.165, 1.54) is 0 Å². The molecule has 0 radical (unpaired) electrons. The van der Waals surface area contributed by atoms with E-state index in [4.69, 9.17) is 0 Å². The van der Waals surface area contributed by atoms with Crippen LogP contribution >= 0.6 is 22.6 Å². The molecule has 0 saturated carbocycles. The Morgan fingerprint density at radius 1 is 1.43 bits per heavy atom. The fraction of sp³-hybridized carbons (Fsp3) is 0.400. The predicted molar refractivity (Wildman–Crippen MR) is 65.0 cm³/mol. The number of amides is 1. The SMILES string of the molecule is CC(C)(C)C(=O)Nc1cccc(I)n1. The molecule has 0 saturated heterocycles. The van der Waals surface area contributed by atoms with E-state index >= 15 is 0 Å². The molecular formula is C10H13IN2O. The average molecular weight is 304 g/mol. The van der Waals surface area contributed by atoms with Crippen LogP contribution in [-0.4, -0.2) is 10.9 Å². The summed E-state index contributed by atoms with van der Waals surface area (Å²) in [5.74, 6) is 0.587. The van der Waals surface area contributed by atoms with Crippen LogP contribution in [0.15, 0.2) is 18.2 Å². The first-order valence-corrected chi connectivity index (χ1v) is 5.41. The number of nitrogens with one attached hydrogen (secondary N) is 1. The molecule has 0 aliphatic carbocycles. The molecule has 1 N–H and O–H groups in total. The number of nitrogens with zero attached hydrogens (tertiary/aromatic N) is 1. The van der Waals surface area contributed by atoms with Gasteiger partial charge in [0.2, 0.25) is 5.91 Å². The molecule has 1 aromatic rings. The number of carbonyl (C=O) groups excluding carboxylic acids is 1. The van der Waals surface area contributed by atoms with Crippen molar-refractivity contribution < 1.29 is 4.79 Å². The predicted octanol–water partition coefficient (Wildman–Crippen LogP) is 2.67. The van der Waals surface area contributed by atoms with Gasteiger partial charge in [-0.05, 0) is 34.7 Å². The molecule has 76 valence electrons. The number of anilines is 1. The van der Waals surface area contributed by atoms with Gasteiger partial charge in [-0.3, -0.25) is 4.79 Å². The van der Waals surface area contributed by atoms with Crippen molar-refractivity contribution >= 4 is 34.3 Å². The zero-order valence-electron chi connectivity index (χ0n) is 8.47. The second kappa shape index (κ2) is 4.25. The Kier molecular flexibility index (Phi) is 3.47. The Labute approximate surface area is 97.4 Å². The Morgan fingerprint density at radius 3 is 2.57 bits per heavy atom. The topological polar surface area (TPSA) is 42.0 Å². The van der Waals surface area contributed by atoms with Crippen LogP contribution in [0.1, 0.15) is 20.8 Å². The van der Waals surface area contributed by atoms with E-state index in [-0.39, 0.29) is 11.3 Å². The minimum atomic E-state index is -0.386. The number of aromatic nitrogens is 1. The summed E-state index contributed by atoms with van der Waals surface area (Å²) in [4.78, 5) is 15.8.